The van der Waals surface area contributed by atoms with Crippen LogP contribution in [0.15, 0.2) is 78.9 Å². The van der Waals surface area contributed by atoms with Crippen molar-refractivity contribution in [2.75, 3.05) is 14.2 Å². The van der Waals surface area contributed by atoms with Crippen molar-refractivity contribution < 1.29 is 9.47 Å². The molecule has 5 aromatic rings. The molecule has 3 heterocycles. The average molecular weight is 492 g/mol. The first kappa shape index (κ1) is 22.4. The lowest BCUT2D eigenvalue weighted by atomic mass is 9.95. The molecule has 0 amide bonds. The minimum absolute atomic E-state index is 0.840. The molecule has 1 aliphatic rings. The highest BCUT2D eigenvalue weighted by molar-refractivity contribution is 8.08. The molecular weight excluding hydrogens is 466 g/mol. The van der Waals surface area contributed by atoms with Crippen LogP contribution < -0.4 is 9.47 Å². The highest BCUT2D eigenvalue weighted by Gasteiger charge is 2.28. The standard InChI is InChI=1S/C30H25N3O2S/c1-19-27-28(21-11-15-24(35-3)16-12-21)25-18-36-26(17-20-9-13-23(34-2)14-10-20)29(25)31-30(27)33(32-19)22-7-5-4-6-8-22/h4-17H,18H2,1-3H3/b26-17-. The van der Waals surface area contributed by atoms with Crippen molar-refractivity contribution in [3.8, 4) is 28.3 Å². The summed E-state index contributed by atoms with van der Waals surface area (Å²) in [4.78, 5) is 6.40. The molecule has 6 rings (SSSR count). The number of thioether (sulfide) groups is 1. The molecule has 0 spiro atoms. The van der Waals surface area contributed by atoms with Crippen LogP contribution in [0.4, 0.5) is 0 Å². The van der Waals surface area contributed by atoms with Gasteiger partial charge in [-0.1, -0.05) is 42.5 Å². The molecule has 6 heteroatoms. The third kappa shape index (κ3) is 3.84. The minimum Gasteiger partial charge on any atom is -0.497 e. The van der Waals surface area contributed by atoms with E-state index in [1.807, 2.05) is 58.9 Å². The highest BCUT2D eigenvalue weighted by atomic mass is 32.2. The Balaban J connectivity index is 1.60. The summed E-state index contributed by atoms with van der Waals surface area (Å²) in [6.07, 6.45) is 2.21. The number of methoxy groups -OCH3 is 2. The van der Waals surface area contributed by atoms with Crippen LogP contribution in [0.1, 0.15) is 22.5 Å². The number of hydrogen-bond donors (Lipinski definition) is 0. The molecule has 0 atom stereocenters. The van der Waals surface area contributed by atoms with Crippen molar-refractivity contribution >= 4 is 33.8 Å². The average Bonchev–Trinajstić information content (AvgIpc) is 3.49. The fourth-order valence-corrected chi connectivity index (χ4v) is 5.81. The van der Waals surface area contributed by atoms with E-state index in [0.717, 1.165) is 61.4 Å². The SMILES string of the molecule is COc1ccc(/C=C2\SCc3c2nc2c(c(C)nn2-c2ccccc2)c3-c2ccc(OC)cc2)cc1. The molecule has 0 radical (unpaired) electrons. The Kier molecular flexibility index (Phi) is 5.74. The van der Waals surface area contributed by atoms with Gasteiger partial charge in [0.15, 0.2) is 5.65 Å². The molecule has 0 aliphatic carbocycles. The monoisotopic (exact) mass is 491 g/mol. The van der Waals surface area contributed by atoms with Crippen LogP contribution in [0.3, 0.4) is 0 Å². The lowest BCUT2D eigenvalue weighted by Gasteiger charge is -2.12. The largest absolute Gasteiger partial charge is 0.497 e. The molecule has 3 aromatic carbocycles. The smallest absolute Gasteiger partial charge is 0.164 e. The van der Waals surface area contributed by atoms with E-state index in [2.05, 4.69) is 49.4 Å². The minimum atomic E-state index is 0.840. The first-order valence-electron chi connectivity index (χ1n) is 11.8. The summed E-state index contributed by atoms with van der Waals surface area (Å²) in [5.41, 5.74) is 8.55. The number of hydrogen-bond acceptors (Lipinski definition) is 5. The fraction of sp³-hybridized carbons (Fsp3) is 0.133. The molecule has 2 aromatic heterocycles. The molecule has 0 bridgehead atoms. The highest BCUT2D eigenvalue weighted by Crippen LogP contribution is 2.48. The molecule has 0 N–H and O–H groups in total. The van der Waals surface area contributed by atoms with Crippen molar-refractivity contribution in [3.05, 3.63) is 101 Å². The molecule has 5 nitrogen and oxygen atoms in total. The number of benzene rings is 3. The molecule has 1 aliphatic heterocycles. The number of nitrogens with zero attached hydrogens (tertiary/aromatic N) is 3. The quantitative estimate of drug-likeness (QED) is 0.261. The van der Waals surface area contributed by atoms with Crippen molar-refractivity contribution in [2.24, 2.45) is 0 Å². The van der Waals surface area contributed by atoms with Crippen LogP contribution in [-0.4, -0.2) is 29.0 Å². The summed E-state index contributed by atoms with van der Waals surface area (Å²) < 4.78 is 12.7. The van der Waals surface area contributed by atoms with Crippen molar-refractivity contribution in [1.82, 2.24) is 14.8 Å². The second-order valence-electron chi connectivity index (χ2n) is 8.64. The molecule has 0 saturated carbocycles. The summed E-state index contributed by atoms with van der Waals surface area (Å²) in [7, 11) is 3.38. The van der Waals surface area contributed by atoms with E-state index < -0.39 is 0 Å². The Labute approximate surface area is 214 Å². The van der Waals surface area contributed by atoms with Crippen molar-refractivity contribution in [2.45, 2.75) is 12.7 Å². The Morgan fingerprint density at radius 3 is 2.19 bits per heavy atom. The van der Waals surface area contributed by atoms with Gasteiger partial charge < -0.3 is 9.47 Å². The van der Waals surface area contributed by atoms with E-state index in [4.69, 9.17) is 19.6 Å². The Hall–Kier alpha value is -4.03. The number of aromatic nitrogens is 3. The lowest BCUT2D eigenvalue weighted by Crippen LogP contribution is -2.00. The van der Waals surface area contributed by atoms with E-state index in [0.29, 0.717) is 0 Å². The van der Waals surface area contributed by atoms with Crippen LogP contribution in [0.5, 0.6) is 11.5 Å². The zero-order valence-corrected chi connectivity index (χ0v) is 21.2. The normalized spacial score (nSPS) is 13.8. The van der Waals surface area contributed by atoms with Gasteiger partial charge in [-0.3, -0.25) is 0 Å². The number of pyridine rings is 1. The molecule has 36 heavy (non-hydrogen) atoms. The van der Waals surface area contributed by atoms with Crippen LogP contribution >= 0.6 is 11.8 Å². The maximum Gasteiger partial charge on any atom is 0.164 e. The maximum atomic E-state index is 5.42. The lowest BCUT2D eigenvalue weighted by molar-refractivity contribution is 0.414. The van der Waals surface area contributed by atoms with Gasteiger partial charge in [0.2, 0.25) is 0 Å². The number of para-hydroxylation sites is 1. The van der Waals surface area contributed by atoms with Gasteiger partial charge in [-0.2, -0.15) is 5.10 Å². The second-order valence-corrected chi connectivity index (χ2v) is 9.66. The number of rotatable bonds is 5. The van der Waals surface area contributed by atoms with Crippen molar-refractivity contribution in [1.29, 1.82) is 0 Å². The summed E-state index contributed by atoms with van der Waals surface area (Å²) in [6, 6.07) is 26.6. The van der Waals surface area contributed by atoms with Gasteiger partial charge in [0.05, 0.1) is 36.7 Å². The zero-order valence-electron chi connectivity index (χ0n) is 20.4. The molecule has 0 saturated heterocycles. The predicted octanol–water partition coefficient (Wildman–Crippen LogP) is 7.16. The van der Waals surface area contributed by atoms with Gasteiger partial charge in [0.25, 0.3) is 0 Å². The van der Waals surface area contributed by atoms with Gasteiger partial charge in [-0.25, -0.2) is 9.67 Å². The summed E-state index contributed by atoms with van der Waals surface area (Å²) in [5.74, 6) is 2.55. The van der Waals surface area contributed by atoms with Crippen molar-refractivity contribution in [3.63, 3.8) is 0 Å². The predicted molar refractivity (Wildman–Crippen MR) is 148 cm³/mol. The van der Waals surface area contributed by atoms with Crippen LogP contribution in [0.2, 0.25) is 0 Å². The molecular formula is C30H25N3O2S. The first-order valence-corrected chi connectivity index (χ1v) is 12.8. The van der Waals surface area contributed by atoms with Gasteiger partial charge in [-0.15, -0.1) is 11.8 Å². The zero-order chi connectivity index (χ0) is 24.6. The number of ether oxygens (including phenoxy) is 2. The molecule has 178 valence electrons. The summed E-state index contributed by atoms with van der Waals surface area (Å²) in [5, 5.41) is 6.03. The third-order valence-electron chi connectivity index (χ3n) is 6.49. The maximum absolute atomic E-state index is 5.42. The third-order valence-corrected chi connectivity index (χ3v) is 7.55. The van der Waals surface area contributed by atoms with E-state index in [1.165, 1.54) is 11.1 Å². The summed E-state index contributed by atoms with van der Waals surface area (Å²) in [6.45, 7) is 2.07. The van der Waals surface area contributed by atoms with Crippen LogP contribution in [0.25, 0.3) is 38.8 Å². The van der Waals surface area contributed by atoms with Gasteiger partial charge >= 0.3 is 0 Å². The second kappa shape index (κ2) is 9.21. The Bertz CT molecular complexity index is 1590. The number of fused-ring (bicyclic) bond motifs is 2. The van der Waals surface area contributed by atoms with Gasteiger partial charge in [0, 0.05) is 16.2 Å². The van der Waals surface area contributed by atoms with Crippen LogP contribution in [-0.2, 0) is 5.75 Å². The van der Waals surface area contributed by atoms with Gasteiger partial charge in [0.1, 0.15) is 11.5 Å². The first-order chi connectivity index (χ1) is 17.7. The molecule has 0 unspecified atom stereocenters. The Morgan fingerprint density at radius 2 is 1.53 bits per heavy atom. The summed E-state index contributed by atoms with van der Waals surface area (Å²) >= 11 is 1.83. The van der Waals surface area contributed by atoms with Crippen LogP contribution in [0, 0.1) is 6.92 Å². The number of aryl methyl sites for hydroxylation is 1. The van der Waals surface area contributed by atoms with E-state index >= 15 is 0 Å². The Morgan fingerprint density at radius 1 is 0.861 bits per heavy atom. The topological polar surface area (TPSA) is 49.2 Å². The van der Waals surface area contributed by atoms with Gasteiger partial charge in [-0.05, 0) is 66.1 Å². The fourth-order valence-electron chi connectivity index (χ4n) is 4.70. The molecule has 0 fully saturated rings. The van der Waals surface area contributed by atoms with E-state index in [1.54, 1.807) is 14.2 Å². The van der Waals surface area contributed by atoms with E-state index in [-0.39, 0.29) is 0 Å². The van der Waals surface area contributed by atoms with E-state index in [9.17, 15) is 0 Å².